The number of carbonyl (C=O) groups excluding carboxylic acids is 2. The van der Waals surface area contributed by atoms with E-state index in [2.05, 4.69) is 26.4 Å². The van der Waals surface area contributed by atoms with Gasteiger partial charge in [-0.3, -0.25) is 9.48 Å². The highest BCUT2D eigenvalue weighted by Gasteiger charge is 2.23. The SMILES string of the molecule is CC(NC(=O)c1ccn(C2CCCNC2)n1)c1ccc(NC(=O)NC2CC2)cc1. The van der Waals surface area contributed by atoms with Crippen molar-refractivity contribution in [1.29, 1.82) is 0 Å². The molecule has 1 aromatic carbocycles. The summed E-state index contributed by atoms with van der Waals surface area (Å²) in [5, 5.41) is 16.5. The third-order valence-corrected chi connectivity index (χ3v) is 5.41. The third kappa shape index (κ3) is 5.14. The molecule has 2 aromatic rings. The van der Waals surface area contributed by atoms with Crippen LogP contribution in [0, 0.1) is 0 Å². The molecule has 1 aromatic heterocycles. The van der Waals surface area contributed by atoms with E-state index in [0.717, 1.165) is 50.0 Å². The maximum absolute atomic E-state index is 12.6. The van der Waals surface area contributed by atoms with Crippen LogP contribution in [-0.4, -0.2) is 40.9 Å². The van der Waals surface area contributed by atoms with Crippen molar-refractivity contribution >= 4 is 17.6 Å². The zero-order valence-electron chi connectivity index (χ0n) is 16.6. The van der Waals surface area contributed by atoms with E-state index < -0.39 is 0 Å². The Kier molecular flexibility index (Phi) is 5.80. The van der Waals surface area contributed by atoms with Crippen LogP contribution >= 0.6 is 0 Å². The van der Waals surface area contributed by atoms with Crippen LogP contribution in [0.25, 0.3) is 0 Å². The van der Waals surface area contributed by atoms with Gasteiger partial charge in [-0.05, 0) is 62.9 Å². The highest BCUT2D eigenvalue weighted by Crippen LogP contribution is 2.20. The molecule has 1 aliphatic carbocycles. The molecule has 4 N–H and O–H groups in total. The van der Waals surface area contributed by atoms with E-state index in [1.807, 2.05) is 42.1 Å². The van der Waals surface area contributed by atoms with E-state index in [9.17, 15) is 9.59 Å². The summed E-state index contributed by atoms with van der Waals surface area (Å²) in [5.41, 5.74) is 2.12. The average Bonchev–Trinajstić information content (AvgIpc) is 3.40. The Morgan fingerprint density at radius 3 is 2.66 bits per heavy atom. The first-order valence-electron chi connectivity index (χ1n) is 10.3. The van der Waals surface area contributed by atoms with E-state index >= 15 is 0 Å². The predicted molar refractivity (Wildman–Crippen MR) is 111 cm³/mol. The highest BCUT2D eigenvalue weighted by atomic mass is 16.2. The Hall–Kier alpha value is -2.87. The zero-order valence-corrected chi connectivity index (χ0v) is 16.6. The largest absolute Gasteiger partial charge is 0.344 e. The van der Waals surface area contributed by atoms with Gasteiger partial charge in [-0.2, -0.15) is 5.10 Å². The molecule has 2 aliphatic rings. The minimum Gasteiger partial charge on any atom is -0.344 e. The van der Waals surface area contributed by atoms with E-state index in [1.54, 1.807) is 6.07 Å². The second kappa shape index (κ2) is 8.65. The Bertz CT molecular complexity index is 852. The third-order valence-electron chi connectivity index (χ3n) is 5.41. The molecule has 0 spiro atoms. The lowest BCUT2D eigenvalue weighted by molar-refractivity contribution is 0.0933. The lowest BCUT2D eigenvalue weighted by Crippen LogP contribution is -2.32. The molecule has 8 heteroatoms. The van der Waals surface area contributed by atoms with Gasteiger partial charge in [-0.1, -0.05) is 12.1 Å². The number of aromatic nitrogens is 2. The van der Waals surface area contributed by atoms with Gasteiger partial charge in [0.2, 0.25) is 0 Å². The van der Waals surface area contributed by atoms with Crippen LogP contribution in [0.5, 0.6) is 0 Å². The van der Waals surface area contributed by atoms with Gasteiger partial charge >= 0.3 is 6.03 Å². The van der Waals surface area contributed by atoms with Gasteiger partial charge in [-0.15, -0.1) is 0 Å². The number of hydrogen-bond acceptors (Lipinski definition) is 4. The van der Waals surface area contributed by atoms with Crippen LogP contribution in [0.2, 0.25) is 0 Å². The average molecular weight is 396 g/mol. The molecule has 4 rings (SSSR count). The Morgan fingerprint density at radius 2 is 1.97 bits per heavy atom. The van der Waals surface area contributed by atoms with Gasteiger partial charge in [0.25, 0.3) is 5.91 Å². The van der Waals surface area contributed by atoms with Crippen LogP contribution < -0.4 is 21.3 Å². The van der Waals surface area contributed by atoms with Crippen molar-refractivity contribution in [3.8, 4) is 0 Å². The first kappa shape index (κ1) is 19.4. The molecule has 1 saturated heterocycles. The van der Waals surface area contributed by atoms with Crippen LogP contribution in [-0.2, 0) is 0 Å². The normalized spacial score (nSPS) is 20.0. The first-order chi connectivity index (χ1) is 14.1. The van der Waals surface area contributed by atoms with Crippen molar-refractivity contribution in [2.24, 2.45) is 0 Å². The minimum absolute atomic E-state index is 0.168. The number of amides is 3. The highest BCUT2D eigenvalue weighted by molar-refractivity contribution is 5.92. The summed E-state index contributed by atoms with van der Waals surface area (Å²) in [5.74, 6) is -0.189. The molecular formula is C21H28N6O2. The fraction of sp³-hybridized carbons (Fsp3) is 0.476. The maximum atomic E-state index is 12.6. The molecule has 1 aliphatic heterocycles. The van der Waals surface area contributed by atoms with E-state index in [1.165, 1.54) is 0 Å². The second-order valence-corrected chi connectivity index (χ2v) is 7.87. The van der Waals surface area contributed by atoms with Crippen LogP contribution in [0.15, 0.2) is 36.5 Å². The van der Waals surface area contributed by atoms with Crippen LogP contribution in [0.1, 0.15) is 60.7 Å². The molecule has 154 valence electrons. The van der Waals surface area contributed by atoms with Gasteiger partial charge in [0.05, 0.1) is 12.1 Å². The molecule has 2 fully saturated rings. The van der Waals surface area contributed by atoms with Crippen LogP contribution in [0.4, 0.5) is 10.5 Å². The number of nitrogens with zero attached hydrogens (tertiary/aromatic N) is 2. The summed E-state index contributed by atoms with van der Waals surface area (Å²) < 4.78 is 1.89. The summed E-state index contributed by atoms with van der Waals surface area (Å²) in [6.07, 6.45) is 6.19. The predicted octanol–water partition coefficient (Wildman–Crippen LogP) is 2.58. The fourth-order valence-electron chi connectivity index (χ4n) is 3.51. The summed E-state index contributed by atoms with van der Waals surface area (Å²) in [6.45, 7) is 3.86. The Balaban J connectivity index is 1.31. The number of hydrogen-bond donors (Lipinski definition) is 4. The topological polar surface area (TPSA) is 100 Å². The number of urea groups is 1. The standard InChI is InChI=1S/C21H28N6O2/c1-14(15-4-6-16(7-5-15)24-21(29)25-17-8-9-17)23-20(28)19-10-12-27(26-19)18-3-2-11-22-13-18/h4-7,10,12,14,17-18,22H,2-3,8-9,11,13H2,1H3,(H,23,28)(H2,24,25,29). The molecular weight excluding hydrogens is 368 g/mol. The van der Waals surface area contributed by atoms with Gasteiger partial charge in [0, 0.05) is 24.5 Å². The van der Waals surface area contributed by atoms with E-state index in [-0.39, 0.29) is 18.0 Å². The number of carbonyl (C=O) groups is 2. The smallest absolute Gasteiger partial charge is 0.319 e. The number of anilines is 1. The van der Waals surface area contributed by atoms with Crippen molar-refractivity contribution in [2.45, 2.75) is 50.7 Å². The number of rotatable bonds is 6. The first-order valence-corrected chi connectivity index (χ1v) is 10.3. The summed E-state index contributed by atoms with van der Waals surface area (Å²) >= 11 is 0. The second-order valence-electron chi connectivity index (χ2n) is 7.87. The molecule has 0 bridgehead atoms. The maximum Gasteiger partial charge on any atom is 0.319 e. The summed E-state index contributed by atoms with van der Waals surface area (Å²) in [6, 6.07) is 9.55. The minimum atomic E-state index is -0.189. The Labute approximate surface area is 170 Å². The lowest BCUT2D eigenvalue weighted by Gasteiger charge is -2.22. The van der Waals surface area contributed by atoms with Gasteiger partial charge in [0.1, 0.15) is 5.69 Å². The van der Waals surface area contributed by atoms with Crippen molar-refractivity contribution < 1.29 is 9.59 Å². The van der Waals surface area contributed by atoms with E-state index in [4.69, 9.17) is 0 Å². The molecule has 2 atom stereocenters. The molecule has 29 heavy (non-hydrogen) atoms. The molecule has 2 unspecified atom stereocenters. The summed E-state index contributed by atoms with van der Waals surface area (Å²) in [7, 11) is 0. The van der Waals surface area contributed by atoms with Crippen LogP contribution in [0.3, 0.4) is 0 Å². The molecule has 3 amide bonds. The number of nitrogens with one attached hydrogen (secondary N) is 4. The molecule has 2 heterocycles. The molecule has 8 nitrogen and oxygen atoms in total. The fourth-order valence-corrected chi connectivity index (χ4v) is 3.51. The monoisotopic (exact) mass is 396 g/mol. The van der Waals surface area contributed by atoms with Crippen molar-refractivity contribution in [3.63, 3.8) is 0 Å². The Morgan fingerprint density at radius 1 is 1.17 bits per heavy atom. The van der Waals surface area contributed by atoms with Crippen molar-refractivity contribution in [3.05, 3.63) is 47.8 Å². The van der Waals surface area contributed by atoms with Gasteiger partial charge < -0.3 is 21.3 Å². The van der Waals surface area contributed by atoms with Crippen molar-refractivity contribution in [2.75, 3.05) is 18.4 Å². The molecule has 1 saturated carbocycles. The number of piperidine rings is 1. The zero-order chi connectivity index (χ0) is 20.2. The summed E-state index contributed by atoms with van der Waals surface area (Å²) in [4.78, 5) is 24.4. The molecule has 0 radical (unpaired) electrons. The lowest BCUT2D eigenvalue weighted by atomic mass is 10.1. The number of benzene rings is 1. The van der Waals surface area contributed by atoms with E-state index in [0.29, 0.717) is 17.8 Å². The quantitative estimate of drug-likeness (QED) is 0.603. The van der Waals surface area contributed by atoms with Gasteiger partial charge in [0.15, 0.2) is 0 Å². The van der Waals surface area contributed by atoms with Crippen molar-refractivity contribution in [1.82, 2.24) is 25.7 Å². The van der Waals surface area contributed by atoms with Gasteiger partial charge in [-0.25, -0.2) is 4.79 Å².